The summed E-state index contributed by atoms with van der Waals surface area (Å²) in [5.74, 6) is -0.469. The quantitative estimate of drug-likeness (QED) is 0.463. The van der Waals surface area contributed by atoms with Crippen molar-refractivity contribution in [2.24, 2.45) is 5.10 Å². The lowest BCUT2D eigenvalue weighted by molar-refractivity contribution is -0.385. The maximum Gasteiger partial charge on any atom is 0.311 e. The van der Waals surface area contributed by atoms with Crippen LogP contribution < -0.4 is 14.9 Å². The van der Waals surface area contributed by atoms with Gasteiger partial charge in [0.15, 0.2) is 0 Å². The molecule has 136 valence electrons. The van der Waals surface area contributed by atoms with Crippen LogP contribution in [-0.2, 0) is 11.2 Å². The summed E-state index contributed by atoms with van der Waals surface area (Å²) in [6.07, 6.45) is 1.24. The van der Waals surface area contributed by atoms with Crippen LogP contribution in [0.4, 0.5) is 10.1 Å². The zero-order valence-electron chi connectivity index (χ0n) is 14.1. The van der Waals surface area contributed by atoms with E-state index in [-0.39, 0.29) is 23.7 Å². The van der Waals surface area contributed by atoms with Gasteiger partial charge in [-0.25, -0.2) is 9.82 Å². The summed E-state index contributed by atoms with van der Waals surface area (Å²) in [5.41, 5.74) is 2.96. The van der Waals surface area contributed by atoms with Gasteiger partial charge in [0.25, 0.3) is 0 Å². The molecule has 0 bridgehead atoms. The molecule has 9 heteroatoms. The molecule has 2 rings (SSSR count). The summed E-state index contributed by atoms with van der Waals surface area (Å²) in [6.45, 7) is 0. The van der Waals surface area contributed by atoms with Crippen LogP contribution in [0.5, 0.6) is 11.5 Å². The maximum absolute atomic E-state index is 12.8. The van der Waals surface area contributed by atoms with E-state index in [1.54, 1.807) is 0 Å². The second-order valence-corrected chi connectivity index (χ2v) is 5.12. The number of amides is 1. The molecule has 2 aromatic carbocycles. The first-order valence-corrected chi connectivity index (χ1v) is 7.41. The Morgan fingerprint density at radius 2 is 1.88 bits per heavy atom. The van der Waals surface area contributed by atoms with Gasteiger partial charge in [-0.3, -0.25) is 14.9 Å². The van der Waals surface area contributed by atoms with Gasteiger partial charge in [0.2, 0.25) is 11.7 Å². The third-order valence-electron chi connectivity index (χ3n) is 3.40. The first-order chi connectivity index (χ1) is 12.4. The van der Waals surface area contributed by atoms with E-state index >= 15 is 0 Å². The Labute approximate surface area is 148 Å². The molecule has 0 aliphatic heterocycles. The third-order valence-corrected chi connectivity index (χ3v) is 3.40. The highest BCUT2D eigenvalue weighted by Gasteiger charge is 2.18. The molecule has 0 radical (unpaired) electrons. The smallest absolute Gasteiger partial charge is 0.311 e. The maximum atomic E-state index is 12.8. The van der Waals surface area contributed by atoms with E-state index in [4.69, 9.17) is 9.47 Å². The van der Waals surface area contributed by atoms with Gasteiger partial charge in [0.1, 0.15) is 11.6 Å². The minimum Gasteiger partial charge on any atom is -0.496 e. The monoisotopic (exact) mass is 361 g/mol. The van der Waals surface area contributed by atoms with Crippen LogP contribution in [0.1, 0.15) is 11.1 Å². The summed E-state index contributed by atoms with van der Waals surface area (Å²) >= 11 is 0. The van der Waals surface area contributed by atoms with Gasteiger partial charge < -0.3 is 9.47 Å². The standard InChI is InChI=1S/C17H16FN3O5/c1-25-15-9-16(26-2)14(21(23)24)8-12(15)10-19-20-17(22)7-11-3-5-13(18)6-4-11/h3-6,8-10H,7H2,1-2H3,(H,20,22)/b19-10+. The molecule has 0 heterocycles. The number of hydrazone groups is 1. The van der Waals surface area contributed by atoms with Crippen molar-refractivity contribution in [3.05, 3.63) is 63.5 Å². The Morgan fingerprint density at radius 1 is 1.23 bits per heavy atom. The van der Waals surface area contributed by atoms with Crippen LogP contribution in [0.25, 0.3) is 0 Å². The highest BCUT2D eigenvalue weighted by Crippen LogP contribution is 2.33. The predicted molar refractivity (Wildman–Crippen MR) is 92.0 cm³/mol. The van der Waals surface area contributed by atoms with E-state index < -0.39 is 10.8 Å². The van der Waals surface area contributed by atoms with E-state index in [0.29, 0.717) is 16.9 Å². The normalized spacial score (nSPS) is 10.6. The lowest BCUT2D eigenvalue weighted by Gasteiger charge is -2.08. The SMILES string of the molecule is COc1cc(OC)c([N+](=O)[O-])cc1/C=N/NC(=O)Cc1ccc(F)cc1. The summed E-state index contributed by atoms with van der Waals surface area (Å²) in [7, 11) is 2.70. The minimum absolute atomic E-state index is 0.0114. The molecular weight excluding hydrogens is 345 g/mol. The molecular formula is C17H16FN3O5. The van der Waals surface area contributed by atoms with Crippen LogP contribution in [0, 0.1) is 15.9 Å². The van der Waals surface area contributed by atoms with Crippen molar-refractivity contribution in [3.63, 3.8) is 0 Å². The lowest BCUT2D eigenvalue weighted by Crippen LogP contribution is -2.19. The van der Waals surface area contributed by atoms with Crippen molar-refractivity contribution in [2.75, 3.05) is 14.2 Å². The van der Waals surface area contributed by atoms with Crippen LogP contribution in [0.2, 0.25) is 0 Å². The van der Waals surface area contributed by atoms with Gasteiger partial charge in [-0.05, 0) is 17.7 Å². The number of carbonyl (C=O) groups excluding carboxylic acids is 1. The predicted octanol–water partition coefficient (Wildman–Crippen LogP) is 2.44. The summed E-state index contributed by atoms with van der Waals surface area (Å²) < 4.78 is 22.9. The van der Waals surface area contributed by atoms with Gasteiger partial charge in [0.05, 0.1) is 31.8 Å². The van der Waals surface area contributed by atoms with E-state index in [9.17, 15) is 19.3 Å². The number of nitrogens with zero attached hydrogens (tertiary/aromatic N) is 2. The van der Waals surface area contributed by atoms with E-state index in [1.165, 1.54) is 56.8 Å². The average molecular weight is 361 g/mol. The molecule has 0 saturated carbocycles. The van der Waals surface area contributed by atoms with E-state index in [1.807, 2.05) is 0 Å². The highest BCUT2D eigenvalue weighted by atomic mass is 19.1. The molecule has 0 aliphatic rings. The van der Waals surface area contributed by atoms with Crippen molar-refractivity contribution >= 4 is 17.8 Å². The Bertz CT molecular complexity index is 837. The van der Waals surface area contributed by atoms with E-state index in [0.717, 1.165) is 0 Å². The van der Waals surface area contributed by atoms with Crippen molar-refractivity contribution in [1.29, 1.82) is 0 Å². The Kier molecular flexibility index (Phi) is 6.20. The first-order valence-electron chi connectivity index (χ1n) is 7.41. The number of methoxy groups -OCH3 is 2. The number of hydrogen-bond donors (Lipinski definition) is 1. The van der Waals surface area contributed by atoms with Gasteiger partial charge in [0, 0.05) is 17.7 Å². The van der Waals surface area contributed by atoms with Crippen LogP contribution in [0.15, 0.2) is 41.5 Å². The van der Waals surface area contributed by atoms with Crippen LogP contribution in [0.3, 0.4) is 0 Å². The third kappa shape index (κ3) is 4.76. The molecule has 8 nitrogen and oxygen atoms in total. The summed E-state index contributed by atoms with van der Waals surface area (Å²) in [5, 5.41) is 14.9. The molecule has 0 aliphatic carbocycles. The van der Waals surface area contributed by atoms with Gasteiger partial charge in [-0.2, -0.15) is 5.10 Å². The lowest BCUT2D eigenvalue weighted by atomic mass is 10.1. The Hall–Kier alpha value is -3.49. The van der Waals surface area contributed by atoms with Gasteiger partial charge in [-0.15, -0.1) is 0 Å². The Balaban J connectivity index is 2.11. The molecule has 0 saturated heterocycles. The van der Waals surface area contributed by atoms with Gasteiger partial charge >= 0.3 is 5.69 Å². The number of nitrogens with one attached hydrogen (secondary N) is 1. The second-order valence-electron chi connectivity index (χ2n) is 5.12. The zero-order valence-corrected chi connectivity index (χ0v) is 14.1. The van der Waals surface area contributed by atoms with Crippen LogP contribution >= 0.6 is 0 Å². The molecule has 0 fully saturated rings. The zero-order chi connectivity index (χ0) is 19.1. The number of rotatable bonds is 7. The number of carbonyl (C=O) groups is 1. The number of halogens is 1. The number of ether oxygens (including phenoxy) is 2. The molecule has 0 spiro atoms. The molecule has 1 N–H and O–H groups in total. The fraction of sp³-hybridized carbons (Fsp3) is 0.176. The average Bonchev–Trinajstić information content (AvgIpc) is 2.63. The van der Waals surface area contributed by atoms with Crippen molar-refractivity contribution in [2.45, 2.75) is 6.42 Å². The summed E-state index contributed by atoms with van der Waals surface area (Å²) in [4.78, 5) is 22.3. The second kappa shape index (κ2) is 8.56. The fourth-order valence-corrected chi connectivity index (χ4v) is 2.15. The number of hydrogen-bond acceptors (Lipinski definition) is 6. The number of benzene rings is 2. The highest BCUT2D eigenvalue weighted by molar-refractivity contribution is 5.87. The van der Waals surface area contributed by atoms with Crippen molar-refractivity contribution in [1.82, 2.24) is 5.43 Å². The molecule has 0 unspecified atom stereocenters. The molecule has 26 heavy (non-hydrogen) atoms. The molecule has 1 amide bonds. The molecule has 0 aromatic heterocycles. The molecule has 2 aromatic rings. The van der Waals surface area contributed by atoms with Crippen molar-refractivity contribution in [3.8, 4) is 11.5 Å². The minimum atomic E-state index is -0.595. The van der Waals surface area contributed by atoms with E-state index in [2.05, 4.69) is 10.5 Å². The number of nitro benzene ring substituents is 1. The van der Waals surface area contributed by atoms with Crippen LogP contribution in [-0.4, -0.2) is 31.3 Å². The number of nitro groups is 1. The topological polar surface area (TPSA) is 103 Å². The fourth-order valence-electron chi connectivity index (χ4n) is 2.15. The Morgan fingerprint density at radius 3 is 2.46 bits per heavy atom. The van der Waals surface area contributed by atoms with Crippen molar-refractivity contribution < 1.29 is 23.6 Å². The summed E-state index contributed by atoms with van der Waals surface area (Å²) in [6, 6.07) is 8.09. The largest absolute Gasteiger partial charge is 0.496 e. The first kappa shape index (κ1) is 18.8. The van der Waals surface area contributed by atoms with Gasteiger partial charge in [-0.1, -0.05) is 12.1 Å². The molecule has 0 atom stereocenters.